The largest absolute Gasteiger partial charge is 0.342 e. The molecule has 0 aromatic carbocycles. The van der Waals surface area contributed by atoms with E-state index in [0.29, 0.717) is 17.7 Å². The molecule has 106 valence electrons. The smallest absolute Gasteiger partial charge is 0.225 e. The van der Waals surface area contributed by atoms with Crippen LogP contribution in [-0.4, -0.2) is 30.4 Å². The lowest BCUT2D eigenvalue weighted by Gasteiger charge is -2.34. The van der Waals surface area contributed by atoms with E-state index < -0.39 is 0 Å². The van der Waals surface area contributed by atoms with Crippen molar-refractivity contribution in [1.82, 2.24) is 4.90 Å². The summed E-state index contributed by atoms with van der Waals surface area (Å²) in [4.78, 5) is 14.5. The normalized spacial score (nSPS) is 26.3. The molecule has 2 fully saturated rings. The fourth-order valence-corrected chi connectivity index (χ4v) is 3.24. The van der Waals surface area contributed by atoms with Gasteiger partial charge in [0.1, 0.15) is 0 Å². The molecule has 2 N–H and O–H groups in total. The summed E-state index contributed by atoms with van der Waals surface area (Å²) in [6.45, 7) is 2.60. The van der Waals surface area contributed by atoms with E-state index >= 15 is 0 Å². The highest BCUT2D eigenvalue weighted by Gasteiger charge is 2.28. The molecular formula is C14H27ClN2O. The van der Waals surface area contributed by atoms with Gasteiger partial charge in [-0.25, -0.2) is 0 Å². The standard InChI is InChI=1S/C14H26N2O.ClH/c15-10-12-6-5-9-16(11-12)14(17)13-7-3-1-2-4-8-13;/h12-13H,1-11,15H2;1H. The van der Waals surface area contributed by atoms with E-state index in [1.807, 2.05) is 0 Å². The summed E-state index contributed by atoms with van der Waals surface area (Å²) in [5, 5.41) is 0. The van der Waals surface area contributed by atoms with E-state index in [1.165, 1.54) is 32.1 Å². The van der Waals surface area contributed by atoms with Gasteiger partial charge < -0.3 is 10.6 Å². The zero-order chi connectivity index (χ0) is 12.1. The maximum atomic E-state index is 12.5. The number of carbonyl (C=O) groups excluding carboxylic acids is 1. The Morgan fingerprint density at radius 3 is 2.33 bits per heavy atom. The molecule has 0 radical (unpaired) electrons. The van der Waals surface area contributed by atoms with E-state index in [0.717, 1.165) is 38.9 Å². The van der Waals surface area contributed by atoms with Gasteiger partial charge in [-0.3, -0.25) is 4.79 Å². The predicted octanol–water partition coefficient (Wildman–Crippen LogP) is 2.58. The van der Waals surface area contributed by atoms with Crippen LogP contribution in [0.25, 0.3) is 0 Å². The van der Waals surface area contributed by atoms with Crippen LogP contribution in [0, 0.1) is 11.8 Å². The summed E-state index contributed by atoms with van der Waals surface area (Å²) in [6.07, 6.45) is 9.68. The van der Waals surface area contributed by atoms with E-state index in [9.17, 15) is 4.79 Å². The third kappa shape index (κ3) is 4.13. The molecule has 3 nitrogen and oxygen atoms in total. The number of hydrogen-bond acceptors (Lipinski definition) is 2. The lowest BCUT2D eigenvalue weighted by Crippen LogP contribution is -2.44. The maximum absolute atomic E-state index is 12.5. The lowest BCUT2D eigenvalue weighted by atomic mass is 9.94. The van der Waals surface area contributed by atoms with Crippen LogP contribution in [0.2, 0.25) is 0 Å². The van der Waals surface area contributed by atoms with Crippen LogP contribution < -0.4 is 5.73 Å². The van der Waals surface area contributed by atoms with Crippen LogP contribution in [0.5, 0.6) is 0 Å². The van der Waals surface area contributed by atoms with Gasteiger partial charge in [0.05, 0.1) is 0 Å². The Kier molecular flexibility index (Phi) is 7.02. The lowest BCUT2D eigenvalue weighted by molar-refractivity contribution is -0.137. The molecule has 18 heavy (non-hydrogen) atoms. The first-order chi connectivity index (χ1) is 8.31. The van der Waals surface area contributed by atoms with Gasteiger partial charge in [0.2, 0.25) is 5.91 Å². The number of likely N-dealkylation sites (tertiary alicyclic amines) is 1. The molecule has 2 rings (SSSR count). The van der Waals surface area contributed by atoms with Crippen molar-refractivity contribution in [2.24, 2.45) is 17.6 Å². The Morgan fingerprint density at radius 2 is 1.72 bits per heavy atom. The number of halogens is 1. The minimum atomic E-state index is 0. The van der Waals surface area contributed by atoms with Crippen molar-refractivity contribution in [3.05, 3.63) is 0 Å². The summed E-state index contributed by atoms with van der Waals surface area (Å²) in [5.41, 5.74) is 5.73. The molecule has 0 spiro atoms. The van der Waals surface area contributed by atoms with E-state index in [4.69, 9.17) is 5.73 Å². The van der Waals surface area contributed by atoms with Gasteiger partial charge in [0.25, 0.3) is 0 Å². The molecule has 1 amide bonds. The Hall–Kier alpha value is -0.280. The van der Waals surface area contributed by atoms with E-state index in [2.05, 4.69) is 4.90 Å². The van der Waals surface area contributed by atoms with Crippen LogP contribution >= 0.6 is 12.4 Å². The number of piperidine rings is 1. The third-order valence-corrected chi connectivity index (χ3v) is 4.37. The molecule has 1 aliphatic heterocycles. The molecule has 2 aliphatic rings. The Labute approximate surface area is 117 Å². The van der Waals surface area contributed by atoms with Crippen molar-refractivity contribution in [3.8, 4) is 0 Å². The van der Waals surface area contributed by atoms with Crippen molar-refractivity contribution in [1.29, 1.82) is 0 Å². The van der Waals surface area contributed by atoms with Crippen molar-refractivity contribution in [3.63, 3.8) is 0 Å². The molecular weight excluding hydrogens is 248 g/mol. The van der Waals surface area contributed by atoms with Crippen LogP contribution in [0.1, 0.15) is 51.4 Å². The number of rotatable bonds is 2. The second-order valence-electron chi connectivity index (χ2n) is 5.72. The summed E-state index contributed by atoms with van der Waals surface area (Å²) in [5.74, 6) is 1.28. The first kappa shape index (κ1) is 15.8. The SMILES string of the molecule is Cl.NCC1CCCN(C(=O)C2CCCCCC2)C1. The molecule has 1 atom stereocenters. The molecule has 0 aromatic heterocycles. The van der Waals surface area contributed by atoms with Crippen LogP contribution in [0.4, 0.5) is 0 Å². The summed E-state index contributed by atoms with van der Waals surface area (Å²) in [7, 11) is 0. The molecule has 1 saturated heterocycles. The second kappa shape index (κ2) is 8.00. The summed E-state index contributed by atoms with van der Waals surface area (Å²) >= 11 is 0. The Bertz CT molecular complexity index is 252. The van der Waals surface area contributed by atoms with Crippen LogP contribution in [-0.2, 0) is 4.79 Å². The summed E-state index contributed by atoms with van der Waals surface area (Å²) in [6, 6.07) is 0. The first-order valence-corrected chi connectivity index (χ1v) is 7.30. The quantitative estimate of drug-likeness (QED) is 0.787. The average molecular weight is 275 g/mol. The molecule has 1 unspecified atom stereocenters. The zero-order valence-corrected chi connectivity index (χ0v) is 12.1. The van der Waals surface area contributed by atoms with Gasteiger partial charge in [0.15, 0.2) is 0 Å². The number of nitrogens with two attached hydrogens (primary N) is 1. The molecule has 0 bridgehead atoms. The Morgan fingerprint density at radius 1 is 1.06 bits per heavy atom. The highest BCUT2D eigenvalue weighted by molar-refractivity contribution is 5.85. The van der Waals surface area contributed by atoms with E-state index in [-0.39, 0.29) is 12.4 Å². The maximum Gasteiger partial charge on any atom is 0.225 e. The minimum Gasteiger partial charge on any atom is -0.342 e. The van der Waals surface area contributed by atoms with Crippen molar-refractivity contribution in [2.75, 3.05) is 19.6 Å². The van der Waals surface area contributed by atoms with Crippen molar-refractivity contribution >= 4 is 18.3 Å². The van der Waals surface area contributed by atoms with Crippen LogP contribution in [0.15, 0.2) is 0 Å². The highest BCUT2D eigenvalue weighted by atomic mass is 35.5. The van der Waals surface area contributed by atoms with Gasteiger partial charge in [-0.1, -0.05) is 25.7 Å². The third-order valence-electron chi connectivity index (χ3n) is 4.37. The number of amides is 1. The van der Waals surface area contributed by atoms with Crippen molar-refractivity contribution < 1.29 is 4.79 Å². The minimum absolute atomic E-state index is 0. The van der Waals surface area contributed by atoms with Gasteiger partial charge >= 0.3 is 0 Å². The number of carbonyl (C=O) groups is 1. The molecule has 1 aliphatic carbocycles. The second-order valence-corrected chi connectivity index (χ2v) is 5.72. The van der Waals surface area contributed by atoms with Gasteiger partial charge in [0, 0.05) is 19.0 Å². The average Bonchev–Trinajstić information content (AvgIpc) is 2.67. The highest BCUT2D eigenvalue weighted by Crippen LogP contribution is 2.26. The van der Waals surface area contributed by atoms with Gasteiger partial charge in [-0.05, 0) is 38.1 Å². The summed E-state index contributed by atoms with van der Waals surface area (Å²) < 4.78 is 0. The zero-order valence-electron chi connectivity index (χ0n) is 11.3. The van der Waals surface area contributed by atoms with Crippen LogP contribution in [0.3, 0.4) is 0 Å². The first-order valence-electron chi connectivity index (χ1n) is 7.30. The number of hydrogen-bond donors (Lipinski definition) is 1. The van der Waals surface area contributed by atoms with Gasteiger partial charge in [-0.15, -0.1) is 12.4 Å². The Balaban J connectivity index is 0.00000162. The van der Waals surface area contributed by atoms with E-state index in [1.54, 1.807) is 0 Å². The molecule has 1 saturated carbocycles. The molecule has 1 heterocycles. The number of nitrogens with zero attached hydrogens (tertiary/aromatic N) is 1. The van der Waals surface area contributed by atoms with Crippen molar-refractivity contribution in [2.45, 2.75) is 51.4 Å². The predicted molar refractivity (Wildman–Crippen MR) is 76.8 cm³/mol. The van der Waals surface area contributed by atoms with Gasteiger partial charge in [-0.2, -0.15) is 0 Å². The topological polar surface area (TPSA) is 46.3 Å². The molecule has 0 aromatic rings. The fraction of sp³-hybridized carbons (Fsp3) is 0.929. The molecule has 4 heteroatoms. The monoisotopic (exact) mass is 274 g/mol. The fourth-order valence-electron chi connectivity index (χ4n) is 3.24.